The van der Waals surface area contributed by atoms with Gasteiger partial charge in [-0.1, -0.05) is 59.3 Å². The second kappa shape index (κ2) is 12.5. The van der Waals surface area contributed by atoms with Gasteiger partial charge < -0.3 is 28.6 Å². The fourth-order valence-electron chi connectivity index (χ4n) is 5.09. The second-order valence-electron chi connectivity index (χ2n) is 10.2. The third kappa shape index (κ3) is 5.93. The first-order valence-corrected chi connectivity index (χ1v) is 13.9. The molecule has 0 bridgehead atoms. The van der Waals surface area contributed by atoms with Crippen molar-refractivity contribution in [2.45, 2.75) is 30.8 Å². The van der Waals surface area contributed by atoms with E-state index in [4.69, 9.17) is 18.9 Å². The number of ether oxygens (including phenoxy) is 4. The molecule has 0 aliphatic carbocycles. The molecule has 2 aliphatic rings. The molecule has 6 rings (SSSR count). The Kier molecular flexibility index (Phi) is 8.17. The lowest BCUT2D eigenvalue weighted by molar-refractivity contribution is -0.675. The van der Waals surface area contributed by atoms with Crippen LogP contribution >= 0.6 is 0 Å². The van der Waals surface area contributed by atoms with Gasteiger partial charge in [-0.3, -0.25) is 0 Å². The number of hydrogen-bond acceptors (Lipinski definition) is 10. The Balaban J connectivity index is 1.35. The van der Waals surface area contributed by atoms with Crippen LogP contribution < -0.4 is 5.43 Å². The monoisotopic (exact) mass is 597 g/mol. The minimum atomic E-state index is -1.24. The number of hydrazine groups is 1. The summed E-state index contributed by atoms with van der Waals surface area (Å²) in [5.74, 6) is -1.99. The number of rotatable bonds is 8. The van der Waals surface area contributed by atoms with Crippen LogP contribution in [0, 0.1) is 0 Å². The molecule has 1 aromatic heterocycles. The predicted molar refractivity (Wildman–Crippen MR) is 153 cm³/mol. The SMILES string of the molecule is Cn1cnc2c1C(O)N[N+]([C@@H]1O[C@H](COC(=O)c3ccccc3)[C@@H](OC(=O)c3ccccc3)[C@H]1OC(=O)c1ccccc1)=C2. The third-order valence-corrected chi connectivity index (χ3v) is 7.26. The van der Waals surface area contributed by atoms with E-state index >= 15 is 0 Å². The maximum Gasteiger partial charge on any atom is 0.338 e. The van der Waals surface area contributed by atoms with Crippen LogP contribution in [-0.4, -0.2) is 74.6 Å². The number of aliphatic hydroxyl groups excluding tert-OH is 1. The molecule has 2 aliphatic heterocycles. The average Bonchev–Trinajstić information content (AvgIpc) is 3.60. The molecule has 12 nitrogen and oxygen atoms in total. The predicted octanol–water partition coefficient (Wildman–Crippen LogP) is 2.39. The summed E-state index contributed by atoms with van der Waals surface area (Å²) in [4.78, 5) is 43.8. The van der Waals surface area contributed by atoms with Gasteiger partial charge in [-0.05, 0) is 36.4 Å². The third-order valence-electron chi connectivity index (χ3n) is 7.26. The lowest BCUT2D eigenvalue weighted by atomic mass is 10.1. The minimum absolute atomic E-state index is 0.264. The number of hydrogen-bond donors (Lipinski definition) is 2. The number of nitrogens with one attached hydrogen (secondary N) is 1. The standard InChI is InChI=1S/C32H29N4O8/c1-35-19-33-23-17-36(34-28(37)25(23)35)29-27(44-32(40)22-15-9-4-10-16-22)26(43-31(39)21-13-7-3-8-14-21)24(42-29)18-41-30(38)20-11-5-2-6-12-20/h2-17,19,24,26-29,34,37H,18H2,1H3/q+1/t24-,26-,27-,28?,29-/m1/s1. The van der Waals surface area contributed by atoms with Crippen molar-refractivity contribution in [1.82, 2.24) is 15.0 Å². The van der Waals surface area contributed by atoms with E-state index in [1.807, 2.05) is 0 Å². The summed E-state index contributed by atoms with van der Waals surface area (Å²) in [6.07, 6.45) is -2.71. The van der Waals surface area contributed by atoms with Crippen LogP contribution in [0.4, 0.5) is 0 Å². The van der Waals surface area contributed by atoms with Crippen molar-refractivity contribution in [3.8, 4) is 0 Å². The highest BCUT2D eigenvalue weighted by molar-refractivity contribution is 5.91. The first kappa shape index (κ1) is 28.8. The van der Waals surface area contributed by atoms with Crippen LogP contribution in [0.2, 0.25) is 0 Å². The number of carbonyl (C=O) groups excluding carboxylic acids is 3. The first-order valence-electron chi connectivity index (χ1n) is 13.9. The Labute approximate surface area is 252 Å². The number of fused-ring (bicyclic) bond motifs is 1. The Morgan fingerprint density at radius 1 is 0.841 bits per heavy atom. The summed E-state index contributed by atoms with van der Waals surface area (Å²) in [7, 11) is 1.74. The van der Waals surface area contributed by atoms with E-state index in [0.29, 0.717) is 17.0 Å². The van der Waals surface area contributed by atoms with E-state index in [0.717, 1.165) is 0 Å². The lowest BCUT2D eigenvalue weighted by Crippen LogP contribution is -2.51. The fourth-order valence-corrected chi connectivity index (χ4v) is 5.09. The van der Waals surface area contributed by atoms with E-state index in [1.54, 1.807) is 115 Å². The highest BCUT2D eigenvalue weighted by Crippen LogP contribution is 2.31. The smallest absolute Gasteiger partial charge is 0.338 e. The molecular weight excluding hydrogens is 568 g/mol. The zero-order chi connectivity index (χ0) is 30.6. The average molecular weight is 598 g/mol. The highest BCUT2D eigenvalue weighted by Gasteiger charge is 2.57. The molecule has 1 fully saturated rings. The minimum Gasteiger partial charge on any atom is -0.459 e. The molecule has 12 heteroatoms. The lowest BCUT2D eigenvalue weighted by Gasteiger charge is -2.24. The number of imidazole rings is 1. The molecule has 44 heavy (non-hydrogen) atoms. The van der Waals surface area contributed by atoms with Gasteiger partial charge in [-0.15, -0.1) is 0 Å². The molecular formula is C32H29N4O8+. The van der Waals surface area contributed by atoms with Crippen molar-refractivity contribution in [2.75, 3.05) is 6.61 Å². The van der Waals surface area contributed by atoms with Gasteiger partial charge in [-0.25, -0.2) is 19.4 Å². The van der Waals surface area contributed by atoms with Crippen molar-refractivity contribution in [2.24, 2.45) is 7.05 Å². The van der Waals surface area contributed by atoms with Gasteiger partial charge in [-0.2, -0.15) is 5.43 Å². The summed E-state index contributed by atoms with van der Waals surface area (Å²) < 4.78 is 26.9. The van der Waals surface area contributed by atoms with Crippen molar-refractivity contribution >= 4 is 24.1 Å². The van der Waals surface area contributed by atoms with Crippen LogP contribution in [-0.2, 0) is 26.0 Å². The Morgan fingerprint density at radius 2 is 1.36 bits per heavy atom. The van der Waals surface area contributed by atoms with Gasteiger partial charge >= 0.3 is 24.1 Å². The molecule has 4 aromatic rings. The Bertz CT molecular complexity index is 1680. The molecule has 0 saturated carbocycles. The van der Waals surface area contributed by atoms with Crippen molar-refractivity contribution in [3.05, 3.63) is 125 Å². The maximum atomic E-state index is 13.3. The van der Waals surface area contributed by atoms with Gasteiger partial charge in [0.1, 0.15) is 18.4 Å². The molecule has 5 atom stereocenters. The van der Waals surface area contributed by atoms with Crippen LogP contribution in [0.3, 0.4) is 0 Å². The molecule has 0 amide bonds. The number of carbonyl (C=O) groups is 3. The van der Waals surface area contributed by atoms with Gasteiger partial charge in [0.15, 0.2) is 11.8 Å². The molecule has 0 radical (unpaired) electrons. The molecule has 1 saturated heterocycles. The number of esters is 3. The molecule has 3 heterocycles. The van der Waals surface area contributed by atoms with E-state index in [9.17, 15) is 19.5 Å². The summed E-state index contributed by atoms with van der Waals surface area (Å²) in [5, 5.41) is 10.9. The molecule has 1 unspecified atom stereocenters. The Hall–Kier alpha value is -5.33. The number of aryl methyl sites for hydroxylation is 1. The van der Waals surface area contributed by atoms with Crippen molar-refractivity contribution < 1.29 is 43.1 Å². The summed E-state index contributed by atoms with van der Waals surface area (Å²) >= 11 is 0. The van der Waals surface area contributed by atoms with Gasteiger partial charge in [0, 0.05) is 7.05 Å². The number of benzene rings is 3. The van der Waals surface area contributed by atoms with Crippen LogP contribution in [0.15, 0.2) is 97.3 Å². The highest BCUT2D eigenvalue weighted by atomic mass is 16.7. The van der Waals surface area contributed by atoms with Crippen LogP contribution in [0.5, 0.6) is 0 Å². The van der Waals surface area contributed by atoms with Crippen molar-refractivity contribution in [1.29, 1.82) is 0 Å². The molecule has 2 N–H and O–H groups in total. The summed E-state index contributed by atoms with van der Waals surface area (Å²) in [5.41, 5.74) is 4.72. The zero-order valence-corrected chi connectivity index (χ0v) is 23.6. The second-order valence-corrected chi connectivity index (χ2v) is 10.2. The molecule has 0 spiro atoms. The zero-order valence-electron chi connectivity index (χ0n) is 23.6. The maximum absolute atomic E-state index is 13.3. The van der Waals surface area contributed by atoms with E-state index in [1.165, 1.54) is 4.68 Å². The van der Waals surface area contributed by atoms with Crippen LogP contribution in [0.1, 0.15) is 48.7 Å². The first-order chi connectivity index (χ1) is 21.4. The quantitative estimate of drug-likeness (QED) is 0.177. The number of aromatic nitrogens is 2. The van der Waals surface area contributed by atoms with E-state index < -0.39 is 48.7 Å². The summed E-state index contributed by atoms with van der Waals surface area (Å²) in [6, 6.07) is 25.0. The number of hydrazone groups is 1. The summed E-state index contributed by atoms with van der Waals surface area (Å²) in [6.45, 7) is -0.332. The fraction of sp³-hybridized carbons (Fsp3) is 0.219. The van der Waals surface area contributed by atoms with E-state index in [2.05, 4.69) is 10.4 Å². The molecule has 224 valence electrons. The van der Waals surface area contributed by atoms with E-state index in [-0.39, 0.29) is 17.7 Å². The Morgan fingerprint density at radius 3 is 1.93 bits per heavy atom. The normalized spacial score (nSPS) is 22.2. The largest absolute Gasteiger partial charge is 0.459 e. The van der Waals surface area contributed by atoms with Crippen molar-refractivity contribution in [3.63, 3.8) is 0 Å². The topological polar surface area (TPSA) is 141 Å². The number of nitrogens with zero attached hydrogens (tertiary/aromatic N) is 3. The van der Waals surface area contributed by atoms with Gasteiger partial charge in [0.2, 0.25) is 18.5 Å². The van der Waals surface area contributed by atoms with Gasteiger partial charge in [0.05, 0.1) is 23.0 Å². The number of aliphatic hydroxyl groups is 1. The van der Waals surface area contributed by atoms with Crippen LogP contribution in [0.25, 0.3) is 0 Å². The van der Waals surface area contributed by atoms with Gasteiger partial charge in [0.25, 0.3) is 0 Å². The molecule has 3 aromatic carbocycles.